The first-order valence-corrected chi connectivity index (χ1v) is 10.8. The van der Waals surface area contributed by atoms with E-state index in [2.05, 4.69) is 20.8 Å². The van der Waals surface area contributed by atoms with E-state index in [4.69, 9.17) is 13.9 Å². The molecule has 1 saturated carbocycles. The lowest BCUT2D eigenvalue weighted by atomic mass is 9.79. The number of carbonyl (C=O) groups is 1. The number of ether oxygens (including phenoxy) is 2. The lowest BCUT2D eigenvalue weighted by molar-refractivity contribution is -0.239. The maximum absolute atomic E-state index is 11.2. The van der Waals surface area contributed by atoms with Crippen LogP contribution in [0.5, 0.6) is 0 Å². The molecule has 0 aromatic carbocycles. The fraction of sp³-hybridized carbons (Fsp3) is 0.938. The van der Waals surface area contributed by atoms with Gasteiger partial charge in [-0.25, -0.2) is 0 Å². The van der Waals surface area contributed by atoms with Gasteiger partial charge in [0.15, 0.2) is 14.1 Å². The van der Waals surface area contributed by atoms with Crippen LogP contribution >= 0.6 is 0 Å². The van der Waals surface area contributed by atoms with Crippen molar-refractivity contribution in [2.45, 2.75) is 82.4 Å². The molecule has 0 N–H and O–H groups in total. The molecule has 0 bridgehead atoms. The third-order valence-corrected chi connectivity index (χ3v) is 10.2. The van der Waals surface area contributed by atoms with Crippen LogP contribution in [0.15, 0.2) is 0 Å². The van der Waals surface area contributed by atoms with E-state index in [1.54, 1.807) is 14.2 Å². The van der Waals surface area contributed by atoms with Crippen LogP contribution in [0.4, 0.5) is 0 Å². The molecule has 1 aliphatic rings. The fourth-order valence-electron chi connectivity index (χ4n) is 3.50. The second-order valence-electron chi connectivity index (χ2n) is 6.22. The predicted octanol–water partition coefficient (Wildman–Crippen LogP) is 3.90. The van der Waals surface area contributed by atoms with Crippen LogP contribution in [0, 0.1) is 0 Å². The van der Waals surface area contributed by atoms with Crippen LogP contribution in [0.1, 0.15) is 52.9 Å². The minimum atomic E-state index is -1.72. The molecule has 0 heterocycles. The van der Waals surface area contributed by atoms with Gasteiger partial charge in [0.25, 0.3) is 0 Å². The topological polar surface area (TPSA) is 44.8 Å². The van der Waals surface area contributed by atoms with Crippen LogP contribution in [0.3, 0.4) is 0 Å². The van der Waals surface area contributed by atoms with E-state index >= 15 is 0 Å². The van der Waals surface area contributed by atoms with Crippen LogP contribution in [0.2, 0.25) is 18.1 Å². The quantitative estimate of drug-likeness (QED) is 0.368. The van der Waals surface area contributed by atoms with Gasteiger partial charge in [-0.05, 0) is 31.0 Å². The van der Waals surface area contributed by atoms with Crippen LogP contribution in [-0.4, -0.2) is 40.2 Å². The summed E-state index contributed by atoms with van der Waals surface area (Å²) >= 11 is 0. The summed E-state index contributed by atoms with van der Waals surface area (Å²) in [5.74, 6) is -0.495. The molecule has 0 aromatic rings. The highest BCUT2D eigenvalue weighted by atomic mass is 28.4. The second kappa shape index (κ2) is 7.86. The average Bonchev–Trinajstić information content (AvgIpc) is 2.54. The van der Waals surface area contributed by atoms with Crippen LogP contribution in [-0.2, 0) is 18.7 Å². The van der Waals surface area contributed by atoms with Crippen LogP contribution < -0.4 is 0 Å². The van der Waals surface area contributed by atoms with Crippen molar-refractivity contribution in [3.8, 4) is 0 Å². The first-order chi connectivity index (χ1) is 9.99. The van der Waals surface area contributed by atoms with Gasteiger partial charge in [0.1, 0.15) is 6.29 Å². The molecule has 0 atom stereocenters. The Balaban J connectivity index is 2.89. The molecule has 0 unspecified atom stereocenters. The summed E-state index contributed by atoms with van der Waals surface area (Å²) in [4.78, 5) is 11.2. The maximum atomic E-state index is 11.2. The van der Waals surface area contributed by atoms with Crippen molar-refractivity contribution in [2.75, 3.05) is 14.2 Å². The first kappa shape index (κ1) is 18.8. The van der Waals surface area contributed by atoms with E-state index in [9.17, 15) is 4.79 Å². The number of carbonyl (C=O) groups excluding carboxylic acids is 1. The average molecular weight is 317 g/mol. The number of methoxy groups -OCH3 is 2. The molecule has 0 amide bonds. The molecule has 4 nitrogen and oxygen atoms in total. The molecule has 5 heteroatoms. The Morgan fingerprint density at radius 2 is 1.43 bits per heavy atom. The standard InChI is InChI=1S/C16H32O4Si/c1-6-21(7-2,8-3)20-15(13-14-17)9-11-16(18-4,19-5)12-10-15/h14H,6-13H2,1-5H3. The lowest BCUT2D eigenvalue weighted by Crippen LogP contribution is -2.52. The normalized spacial score (nSPS) is 21.2. The summed E-state index contributed by atoms with van der Waals surface area (Å²) in [6, 6.07) is 3.33. The molecule has 1 fully saturated rings. The molecule has 124 valence electrons. The van der Waals surface area contributed by atoms with Gasteiger partial charge in [-0.2, -0.15) is 0 Å². The Morgan fingerprint density at radius 3 is 1.76 bits per heavy atom. The van der Waals surface area contributed by atoms with Crippen molar-refractivity contribution in [1.82, 2.24) is 0 Å². The van der Waals surface area contributed by atoms with Crippen molar-refractivity contribution < 1.29 is 18.7 Å². The van der Waals surface area contributed by atoms with E-state index in [0.29, 0.717) is 6.42 Å². The van der Waals surface area contributed by atoms with Gasteiger partial charge in [-0.15, -0.1) is 0 Å². The largest absolute Gasteiger partial charge is 0.411 e. The molecule has 0 saturated heterocycles. The van der Waals surface area contributed by atoms with Gasteiger partial charge in [0.05, 0.1) is 5.60 Å². The van der Waals surface area contributed by atoms with Crippen molar-refractivity contribution in [2.24, 2.45) is 0 Å². The zero-order valence-corrected chi connectivity index (χ0v) is 15.4. The molecule has 0 aliphatic heterocycles. The Kier molecular flexibility index (Phi) is 7.04. The van der Waals surface area contributed by atoms with E-state index in [1.807, 2.05) is 0 Å². The summed E-state index contributed by atoms with van der Waals surface area (Å²) < 4.78 is 17.8. The number of hydrogen-bond donors (Lipinski definition) is 0. The highest BCUT2D eigenvalue weighted by Gasteiger charge is 2.47. The maximum Gasteiger partial charge on any atom is 0.192 e. The Morgan fingerprint density at radius 1 is 0.952 bits per heavy atom. The summed E-state index contributed by atoms with van der Waals surface area (Å²) in [7, 11) is 1.67. The lowest BCUT2D eigenvalue weighted by Gasteiger charge is -2.48. The van der Waals surface area contributed by atoms with E-state index < -0.39 is 14.1 Å². The Labute approximate surface area is 130 Å². The van der Waals surface area contributed by atoms with Gasteiger partial charge < -0.3 is 18.7 Å². The SMILES string of the molecule is CC[Si](CC)(CC)OC1(CC=O)CCC(OC)(OC)CC1. The summed E-state index contributed by atoms with van der Waals surface area (Å²) in [6.45, 7) is 6.68. The van der Waals surface area contributed by atoms with Gasteiger partial charge in [-0.1, -0.05) is 20.8 Å². The van der Waals surface area contributed by atoms with Gasteiger partial charge in [0, 0.05) is 33.5 Å². The summed E-state index contributed by atoms with van der Waals surface area (Å²) in [5.41, 5.74) is -0.295. The molecule has 0 radical (unpaired) electrons. The Hall–Kier alpha value is -0.233. The molecule has 21 heavy (non-hydrogen) atoms. The highest BCUT2D eigenvalue weighted by molar-refractivity contribution is 6.73. The Bertz CT molecular complexity index is 306. The van der Waals surface area contributed by atoms with Gasteiger partial charge in [0.2, 0.25) is 0 Å². The highest BCUT2D eigenvalue weighted by Crippen LogP contribution is 2.44. The molecule has 0 spiro atoms. The minimum Gasteiger partial charge on any atom is -0.411 e. The molecular weight excluding hydrogens is 284 g/mol. The van der Waals surface area contributed by atoms with Crippen molar-refractivity contribution in [3.05, 3.63) is 0 Å². The third kappa shape index (κ3) is 4.15. The molecular formula is C16H32O4Si. The molecule has 1 rings (SSSR count). The fourth-order valence-corrected chi connectivity index (χ4v) is 6.64. The number of aldehydes is 1. The zero-order chi connectivity index (χ0) is 16.0. The summed E-state index contributed by atoms with van der Waals surface area (Å²) in [6.07, 6.45) is 4.76. The monoisotopic (exact) mass is 316 g/mol. The minimum absolute atomic E-state index is 0.295. The van der Waals surface area contributed by atoms with Crippen molar-refractivity contribution in [3.63, 3.8) is 0 Å². The van der Waals surface area contributed by atoms with E-state index in [-0.39, 0.29) is 5.60 Å². The van der Waals surface area contributed by atoms with Crippen molar-refractivity contribution >= 4 is 14.6 Å². The van der Waals surface area contributed by atoms with E-state index in [0.717, 1.165) is 50.1 Å². The zero-order valence-electron chi connectivity index (χ0n) is 14.4. The molecule has 0 aromatic heterocycles. The number of rotatable bonds is 9. The third-order valence-electron chi connectivity index (χ3n) is 5.49. The van der Waals surface area contributed by atoms with Crippen LogP contribution in [0.25, 0.3) is 0 Å². The predicted molar refractivity (Wildman–Crippen MR) is 86.9 cm³/mol. The van der Waals surface area contributed by atoms with Gasteiger partial charge >= 0.3 is 0 Å². The van der Waals surface area contributed by atoms with Crippen molar-refractivity contribution in [1.29, 1.82) is 0 Å². The first-order valence-electron chi connectivity index (χ1n) is 8.23. The summed E-state index contributed by atoms with van der Waals surface area (Å²) in [5, 5.41) is 0. The van der Waals surface area contributed by atoms with Gasteiger partial charge in [-0.3, -0.25) is 0 Å². The second-order valence-corrected chi connectivity index (χ2v) is 10.9. The van der Waals surface area contributed by atoms with E-state index in [1.165, 1.54) is 0 Å². The smallest absolute Gasteiger partial charge is 0.192 e. The number of hydrogen-bond acceptors (Lipinski definition) is 4. The molecule has 1 aliphatic carbocycles.